The van der Waals surface area contributed by atoms with Crippen LogP contribution in [0.2, 0.25) is 0 Å². The fourth-order valence-corrected chi connectivity index (χ4v) is 4.03. The van der Waals surface area contributed by atoms with E-state index in [9.17, 15) is 0 Å². The van der Waals surface area contributed by atoms with Gasteiger partial charge < -0.3 is 10.2 Å². The molecule has 3 heteroatoms. The molecular formula is C16H33N3. The maximum absolute atomic E-state index is 3.62. The van der Waals surface area contributed by atoms with Crippen molar-refractivity contribution < 1.29 is 0 Å². The first-order valence-electron chi connectivity index (χ1n) is 8.26. The predicted octanol–water partition coefficient (Wildman–Crippen LogP) is 2.18. The minimum Gasteiger partial charge on any atom is -0.315 e. The van der Waals surface area contributed by atoms with Crippen LogP contribution in [0.4, 0.5) is 0 Å². The molecule has 0 amide bonds. The highest BCUT2D eigenvalue weighted by Gasteiger charge is 2.30. The summed E-state index contributed by atoms with van der Waals surface area (Å²) >= 11 is 0. The number of likely N-dealkylation sites (tertiary alicyclic amines) is 1. The minimum atomic E-state index is 0.711. The number of likely N-dealkylation sites (N-methyl/N-ethyl adjacent to an activating group) is 2. The molecule has 2 unspecified atom stereocenters. The van der Waals surface area contributed by atoms with Crippen LogP contribution in [0.5, 0.6) is 0 Å². The summed E-state index contributed by atoms with van der Waals surface area (Å²) < 4.78 is 0. The van der Waals surface area contributed by atoms with Crippen molar-refractivity contribution in [3.8, 4) is 0 Å². The molecule has 1 aliphatic heterocycles. The molecule has 1 saturated carbocycles. The van der Waals surface area contributed by atoms with Crippen LogP contribution in [-0.4, -0.2) is 62.7 Å². The molecule has 2 atom stereocenters. The van der Waals surface area contributed by atoms with Crippen molar-refractivity contribution in [2.75, 3.05) is 40.8 Å². The molecule has 19 heavy (non-hydrogen) atoms. The molecule has 0 radical (unpaired) electrons. The van der Waals surface area contributed by atoms with Crippen molar-refractivity contribution in [2.24, 2.45) is 5.92 Å². The Morgan fingerprint density at radius 1 is 1.11 bits per heavy atom. The van der Waals surface area contributed by atoms with Gasteiger partial charge in [-0.15, -0.1) is 0 Å². The van der Waals surface area contributed by atoms with Gasteiger partial charge in [0.2, 0.25) is 0 Å². The molecule has 0 bridgehead atoms. The second kappa shape index (κ2) is 7.61. The van der Waals surface area contributed by atoms with E-state index in [2.05, 4.69) is 36.3 Å². The summed E-state index contributed by atoms with van der Waals surface area (Å²) in [6, 6.07) is 1.50. The van der Waals surface area contributed by atoms with Crippen LogP contribution in [0.1, 0.15) is 44.9 Å². The van der Waals surface area contributed by atoms with E-state index in [1.807, 2.05) is 0 Å². The normalized spacial score (nSPS) is 28.1. The summed E-state index contributed by atoms with van der Waals surface area (Å²) in [6.07, 6.45) is 10.0. The van der Waals surface area contributed by atoms with E-state index in [-0.39, 0.29) is 0 Å². The second-order valence-corrected chi connectivity index (χ2v) is 6.85. The Morgan fingerprint density at radius 2 is 1.84 bits per heavy atom. The molecule has 2 fully saturated rings. The van der Waals surface area contributed by atoms with Gasteiger partial charge >= 0.3 is 0 Å². The number of hydrogen-bond acceptors (Lipinski definition) is 3. The molecule has 2 aliphatic rings. The van der Waals surface area contributed by atoms with Crippen LogP contribution >= 0.6 is 0 Å². The molecule has 0 aromatic rings. The molecule has 1 N–H and O–H groups in total. The quantitative estimate of drug-likeness (QED) is 0.796. The summed E-state index contributed by atoms with van der Waals surface area (Å²) in [5.41, 5.74) is 0. The molecule has 3 nitrogen and oxygen atoms in total. The fourth-order valence-electron chi connectivity index (χ4n) is 4.03. The van der Waals surface area contributed by atoms with Gasteiger partial charge in [-0.1, -0.05) is 19.3 Å². The molecule has 1 saturated heterocycles. The lowest BCUT2D eigenvalue weighted by atomic mass is 9.83. The Hall–Kier alpha value is -0.120. The summed E-state index contributed by atoms with van der Waals surface area (Å²) in [4.78, 5) is 5.09. The second-order valence-electron chi connectivity index (χ2n) is 6.85. The van der Waals surface area contributed by atoms with E-state index in [1.54, 1.807) is 0 Å². The van der Waals surface area contributed by atoms with Gasteiger partial charge in [0.05, 0.1) is 0 Å². The van der Waals surface area contributed by atoms with Crippen molar-refractivity contribution in [1.29, 1.82) is 0 Å². The van der Waals surface area contributed by atoms with Crippen LogP contribution in [0.3, 0.4) is 0 Å². The fraction of sp³-hybridized carbons (Fsp3) is 1.00. The zero-order valence-electron chi connectivity index (χ0n) is 13.2. The van der Waals surface area contributed by atoms with Gasteiger partial charge in [-0.2, -0.15) is 0 Å². The Bertz CT molecular complexity index is 248. The molecular weight excluding hydrogens is 234 g/mol. The Labute approximate surface area is 119 Å². The third kappa shape index (κ3) is 4.44. The monoisotopic (exact) mass is 267 g/mol. The lowest BCUT2D eigenvalue weighted by Crippen LogP contribution is -2.48. The lowest BCUT2D eigenvalue weighted by Gasteiger charge is -2.35. The van der Waals surface area contributed by atoms with Crippen molar-refractivity contribution in [3.63, 3.8) is 0 Å². The van der Waals surface area contributed by atoms with Crippen molar-refractivity contribution >= 4 is 0 Å². The lowest BCUT2D eigenvalue weighted by molar-refractivity contribution is 0.159. The van der Waals surface area contributed by atoms with E-state index in [1.165, 1.54) is 64.6 Å². The van der Waals surface area contributed by atoms with Crippen LogP contribution in [-0.2, 0) is 0 Å². The van der Waals surface area contributed by atoms with E-state index in [0.29, 0.717) is 6.04 Å². The van der Waals surface area contributed by atoms with Gasteiger partial charge in [0.15, 0.2) is 0 Å². The highest BCUT2D eigenvalue weighted by molar-refractivity contribution is 4.87. The number of nitrogens with one attached hydrogen (secondary N) is 1. The third-order valence-corrected chi connectivity index (χ3v) is 5.10. The minimum absolute atomic E-state index is 0.711. The maximum Gasteiger partial charge on any atom is 0.0224 e. The van der Waals surface area contributed by atoms with Crippen LogP contribution in [0.15, 0.2) is 0 Å². The van der Waals surface area contributed by atoms with Gasteiger partial charge in [0.25, 0.3) is 0 Å². The van der Waals surface area contributed by atoms with E-state index < -0.39 is 0 Å². The van der Waals surface area contributed by atoms with Crippen LogP contribution in [0.25, 0.3) is 0 Å². The first-order valence-corrected chi connectivity index (χ1v) is 8.26. The van der Waals surface area contributed by atoms with Crippen LogP contribution < -0.4 is 5.32 Å². The zero-order chi connectivity index (χ0) is 13.7. The smallest absolute Gasteiger partial charge is 0.0224 e. The van der Waals surface area contributed by atoms with Gasteiger partial charge in [-0.05, 0) is 59.3 Å². The summed E-state index contributed by atoms with van der Waals surface area (Å²) in [6.45, 7) is 3.80. The average Bonchev–Trinajstić information content (AvgIpc) is 2.83. The first-order chi connectivity index (χ1) is 9.20. The van der Waals surface area contributed by atoms with Crippen LogP contribution in [0, 0.1) is 5.92 Å². The number of rotatable bonds is 6. The highest BCUT2D eigenvalue weighted by Crippen LogP contribution is 2.28. The zero-order valence-corrected chi connectivity index (χ0v) is 13.2. The largest absolute Gasteiger partial charge is 0.315 e. The Balaban J connectivity index is 1.85. The maximum atomic E-state index is 3.62. The molecule has 1 heterocycles. The summed E-state index contributed by atoms with van der Waals surface area (Å²) in [5.74, 6) is 0.916. The highest BCUT2D eigenvalue weighted by atomic mass is 15.2. The standard InChI is InChI=1S/C16H33N3/c1-17-16(14-8-5-4-6-9-14)13-19-11-7-10-15(19)12-18(2)3/h14-17H,4-13H2,1-3H3. The van der Waals surface area contributed by atoms with Crippen molar-refractivity contribution in [3.05, 3.63) is 0 Å². The SMILES string of the molecule is CNC(CN1CCCC1CN(C)C)C1CCCCC1. The molecule has 112 valence electrons. The van der Waals surface area contributed by atoms with E-state index in [4.69, 9.17) is 0 Å². The first kappa shape index (κ1) is 15.3. The summed E-state index contributed by atoms with van der Waals surface area (Å²) in [7, 11) is 6.57. The number of hydrogen-bond donors (Lipinski definition) is 1. The molecule has 0 aromatic heterocycles. The van der Waals surface area contributed by atoms with Crippen molar-refractivity contribution in [2.45, 2.75) is 57.0 Å². The van der Waals surface area contributed by atoms with Crippen molar-refractivity contribution in [1.82, 2.24) is 15.1 Å². The average molecular weight is 267 g/mol. The Morgan fingerprint density at radius 3 is 2.47 bits per heavy atom. The molecule has 0 aromatic carbocycles. The van der Waals surface area contributed by atoms with E-state index >= 15 is 0 Å². The molecule has 1 aliphatic carbocycles. The van der Waals surface area contributed by atoms with Gasteiger partial charge in [-0.3, -0.25) is 4.90 Å². The van der Waals surface area contributed by atoms with Gasteiger partial charge in [0, 0.05) is 25.2 Å². The predicted molar refractivity (Wildman–Crippen MR) is 82.6 cm³/mol. The Kier molecular flexibility index (Phi) is 6.11. The third-order valence-electron chi connectivity index (χ3n) is 5.10. The van der Waals surface area contributed by atoms with Gasteiger partial charge in [-0.25, -0.2) is 0 Å². The van der Waals surface area contributed by atoms with E-state index in [0.717, 1.165) is 12.0 Å². The summed E-state index contributed by atoms with van der Waals surface area (Å²) in [5, 5.41) is 3.62. The number of nitrogens with zero attached hydrogens (tertiary/aromatic N) is 2. The topological polar surface area (TPSA) is 18.5 Å². The molecule has 2 rings (SSSR count). The molecule has 0 spiro atoms. The van der Waals surface area contributed by atoms with Gasteiger partial charge in [0.1, 0.15) is 0 Å².